The van der Waals surface area contributed by atoms with Crippen LogP contribution in [0.3, 0.4) is 0 Å². The first-order valence-electron chi connectivity index (χ1n) is 5.09. The van der Waals surface area contributed by atoms with E-state index in [0.717, 1.165) is 0 Å². The predicted molar refractivity (Wildman–Crippen MR) is 59.5 cm³/mol. The van der Waals surface area contributed by atoms with Crippen LogP contribution in [0, 0.1) is 0 Å². The molecular formula is C10H18N4O2. The third kappa shape index (κ3) is 2.59. The minimum Gasteiger partial charge on any atom is -0.394 e. The molecule has 6 nitrogen and oxygen atoms in total. The van der Waals surface area contributed by atoms with Crippen molar-refractivity contribution >= 4 is 5.91 Å². The molecule has 1 aromatic rings. The fourth-order valence-electron chi connectivity index (χ4n) is 1.30. The summed E-state index contributed by atoms with van der Waals surface area (Å²) in [6.07, 6.45) is 3.28. The van der Waals surface area contributed by atoms with Crippen LogP contribution in [-0.2, 0) is 11.8 Å². The lowest BCUT2D eigenvalue weighted by Gasteiger charge is -2.25. The Hall–Kier alpha value is -1.40. The first kappa shape index (κ1) is 12.7. The van der Waals surface area contributed by atoms with E-state index in [1.165, 1.54) is 4.90 Å². The molecule has 90 valence electrons. The van der Waals surface area contributed by atoms with Gasteiger partial charge < -0.3 is 15.7 Å². The average Bonchev–Trinajstić information content (AvgIpc) is 2.71. The molecule has 0 aromatic carbocycles. The molecule has 1 heterocycles. The monoisotopic (exact) mass is 226 g/mol. The standard InChI is InChI=1S/C10H18N4O2/c1-7(6-15)14(3)10(16)9(11)8-4-12-13(2)5-8/h4-5,7,9,15H,6,11H2,1-3H3. The van der Waals surface area contributed by atoms with E-state index in [0.29, 0.717) is 5.56 Å². The summed E-state index contributed by atoms with van der Waals surface area (Å²) in [5, 5.41) is 12.9. The molecule has 0 radical (unpaired) electrons. The number of rotatable bonds is 4. The van der Waals surface area contributed by atoms with Gasteiger partial charge in [-0.1, -0.05) is 0 Å². The first-order valence-corrected chi connectivity index (χ1v) is 5.09. The van der Waals surface area contributed by atoms with Crippen molar-refractivity contribution in [2.24, 2.45) is 12.8 Å². The van der Waals surface area contributed by atoms with Crippen LogP contribution >= 0.6 is 0 Å². The van der Waals surface area contributed by atoms with Gasteiger partial charge in [-0.05, 0) is 6.92 Å². The summed E-state index contributed by atoms with van der Waals surface area (Å²) >= 11 is 0. The Morgan fingerprint density at radius 3 is 2.81 bits per heavy atom. The van der Waals surface area contributed by atoms with Gasteiger partial charge in [0.05, 0.1) is 18.8 Å². The lowest BCUT2D eigenvalue weighted by atomic mass is 10.1. The lowest BCUT2D eigenvalue weighted by Crippen LogP contribution is -2.42. The summed E-state index contributed by atoms with van der Waals surface area (Å²) in [5.41, 5.74) is 6.49. The van der Waals surface area contributed by atoms with Crippen LogP contribution in [0.15, 0.2) is 12.4 Å². The maximum Gasteiger partial charge on any atom is 0.244 e. The van der Waals surface area contributed by atoms with Crippen LogP contribution in [0.4, 0.5) is 0 Å². The van der Waals surface area contributed by atoms with Gasteiger partial charge in [0.15, 0.2) is 0 Å². The molecular weight excluding hydrogens is 208 g/mol. The zero-order chi connectivity index (χ0) is 12.3. The second-order valence-corrected chi connectivity index (χ2v) is 3.91. The maximum absolute atomic E-state index is 11.9. The highest BCUT2D eigenvalue weighted by Crippen LogP contribution is 2.12. The molecule has 1 amide bonds. The molecule has 6 heteroatoms. The number of carbonyl (C=O) groups excluding carboxylic acids is 1. The fourth-order valence-corrected chi connectivity index (χ4v) is 1.30. The zero-order valence-electron chi connectivity index (χ0n) is 9.79. The molecule has 0 aliphatic heterocycles. The highest BCUT2D eigenvalue weighted by Gasteiger charge is 2.23. The first-order chi connectivity index (χ1) is 7.47. The van der Waals surface area contributed by atoms with E-state index < -0.39 is 6.04 Å². The second kappa shape index (κ2) is 5.09. The molecule has 1 rings (SSSR count). The normalized spacial score (nSPS) is 14.6. The summed E-state index contributed by atoms with van der Waals surface area (Å²) < 4.78 is 1.60. The number of amides is 1. The average molecular weight is 226 g/mol. The number of aryl methyl sites for hydroxylation is 1. The number of aromatic nitrogens is 2. The van der Waals surface area contributed by atoms with Crippen molar-refractivity contribution in [1.29, 1.82) is 0 Å². The Kier molecular flexibility index (Phi) is 4.03. The summed E-state index contributed by atoms with van der Waals surface area (Å²) in [6.45, 7) is 1.68. The van der Waals surface area contributed by atoms with Crippen molar-refractivity contribution in [1.82, 2.24) is 14.7 Å². The zero-order valence-corrected chi connectivity index (χ0v) is 9.79. The quantitative estimate of drug-likeness (QED) is 0.708. The Bertz CT molecular complexity index is 363. The highest BCUT2D eigenvalue weighted by molar-refractivity contribution is 5.82. The van der Waals surface area contributed by atoms with Gasteiger partial charge in [-0.3, -0.25) is 9.48 Å². The van der Waals surface area contributed by atoms with Crippen molar-refractivity contribution in [3.05, 3.63) is 18.0 Å². The molecule has 2 unspecified atom stereocenters. The largest absolute Gasteiger partial charge is 0.394 e. The predicted octanol–water partition coefficient (Wildman–Crippen LogP) is -0.741. The van der Waals surface area contributed by atoms with E-state index in [9.17, 15) is 4.79 Å². The molecule has 3 N–H and O–H groups in total. The summed E-state index contributed by atoms with van der Waals surface area (Å²) in [7, 11) is 3.39. The molecule has 0 aliphatic carbocycles. The number of aliphatic hydroxyl groups excluding tert-OH is 1. The van der Waals surface area contributed by atoms with Crippen molar-refractivity contribution in [3.8, 4) is 0 Å². The van der Waals surface area contributed by atoms with Crippen LogP contribution < -0.4 is 5.73 Å². The fraction of sp³-hybridized carbons (Fsp3) is 0.600. The molecule has 0 spiro atoms. The summed E-state index contributed by atoms with van der Waals surface area (Å²) in [4.78, 5) is 13.3. The van der Waals surface area contributed by atoms with Gasteiger partial charge in [0.25, 0.3) is 0 Å². The SMILES string of the molecule is CC(CO)N(C)C(=O)C(N)c1cnn(C)c1. The topological polar surface area (TPSA) is 84.4 Å². The van der Waals surface area contributed by atoms with Crippen molar-refractivity contribution in [2.75, 3.05) is 13.7 Å². The molecule has 2 atom stereocenters. The Balaban J connectivity index is 2.74. The molecule has 0 fully saturated rings. The van der Waals surface area contributed by atoms with Gasteiger partial charge >= 0.3 is 0 Å². The third-order valence-electron chi connectivity index (χ3n) is 2.62. The Morgan fingerprint density at radius 1 is 1.75 bits per heavy atom. The molecule has 0 bridgehead atoms. The number of aliphatic hydroxyl groups is 1. The third-order valence-corrected chi connectivity index (χ3v) is 2.62. The molecule has 0 saturated heterocycles. The molecule has 1 aromatic heterocycles. The number of hydrogen-bond acceptors (Lipinski definition) is 4. The lowest BCUT2D eigenvalue weighted by molar-refractivity contribution is -0.133. The highest BCUT2D eigenvalue weighted by atomic mass is 16.3. The van der Waals surface area contributed by atoms with Crippen LogP contribution in [0.25, 0.3) is 0 Å². The number of hydrogen-bond donors (Lipinski definition) is 2. The van der Waals surface area contributed by atoms with E-state index >= 15 is 0 Å². The number of nitrogens with two attached hydrogens (primary N) is 1. The molecule has 16 heavy (non-hydrogen) atoms. The smallest absolute Gasteiger partial charge is 0.244 e. The van der Waals surface area contributed by atoms with Gasteiger partial charge in [-0.2, -0.15) is 5.10 Å². The van der Waals surface area contributed by atoms with Crippen LogP contribution in [0.5, 0.6) is 0 Å². The van der Waals surface area contributed by atoms with Crippen LogP contribution in [-0.4, -0.2) is 45.4 Å². The van der Waals surface area contributed by atoms with Crippen molar-refractivity contribution < 1.29 is 9.90 Å². The van der Waals surface area contributed by atoms with E-state index in [-0.39, 0.29) is 18.6 Å². The van der Waals surface area contributed by atoms with Crippen LogP contribution in [0.2, 0.25) is 0 Å². The minimum absolute atomic E-state index is 0.0813. The van der Waals surface area contributed by atoms with E-state index in [1.54, 1.807) is 38.1 Å². The summed E-state index contributed by atoms with van der Waals surface area (Å²) in [5.74, 6) is -0.227. The number of likely N-dealkylation sites (N-methyl/N-ethyl adjacent to an activating group) is 1. The van der Waals surface area contributed by atoms with Gasteiger partial charge in [0.2, 0.25) is 5.91 Å². The summed E-state index contributed by atoms with van der Waals surface area (Å²) in [6, 6.07) is -0.970. The van der Waals surface area contributed by atoms with E-state index in [2.05, 4.69) is 5.10 Å². The Labute approximate surface area is 94.6 Å². The van der Waals surface area contributed by atoms with Gasteiger partial charge in [-0.25, -0.2) is 0 Å². The van der Waals surface area contributed by atoms with Gasteiger partial charge in [-0.15, -0.1) is 0 Å². The van der Waals surface area contributed by atoms with E-state index in [1.807, 2.05) is 0 Å². The van der Waals surface area contributed by atoms with E-state index in [4.69, 9.17) is 10.8 Å². The number of nitrogens with zero attached hydrogens (tertiary/aromatic N) is 3. The van der Waals surface area contributed by atoms with Crippen molar-refractivity contribution in [3.63, 3.8) is 0 Å². The maximum atomic E-state index is 11.9. The molecule has 0 saturated carbocycles. The van der Waals surface area contributed by atoms with Crippen molar-refractivity contribution in [2.45, 2.75) is 19.0 Å². The number of carbonyl (C=O) groups is 1. The van der Waals surface area contributed by atoms with Crippen LogP contribution in [0.1, 0.15) is 18.5 Å². The van der Waals surface area contributed by atoms with Gasteiger partial charge in [0.1, 0.15) is 6.04 Å². The Morgan fingerprint density at radius 2 is 2.38 bits per heavy atom. The molecule has 0 aliphatic rings. The second-order valence-electron chi connectivity index (χ2n) is 3.91. The minimum atomic E-state index is -0.729. The van der Waals surface area contributed by atoms with Gasteiger partial charge in [0, 0.05) is 25.9 Å².